The molecule has 1 aliphatic heterocycles. The predicted molar refractivity (Wildman–Crippen MR) is 111 cm³/mol. The normalized spacial score (nSPS) is 17.1. The number of carbonyl (C=O) groups is 1. The van der Waals surface area contributed by atoms with Crippen molar-refractivity contribution in [3.63, 3.8) is 0 Å². The first kappa shape index (κ1) is 22.2. The molecular weight excluding hydrogens is 432 g/mol. The first-order valence-corrected chi connectivity index (χ1v) is 10.9. The molecule has 2 atom stereocenters. The molecule has 0 spiro atoms. The molecule has 0 saturated carbocycles. The zero-order valence-corrected chi connectivity index (χ0v) is 18.3. The summed E-state index contributed by atoms with van der Waals surface area (Å²) in [6.07, 6.45) is 1.83. The molecule has 0 aliphatic carbocycles. The van der Waals surface area contributed by atoms with Crippen molar-refractivity contribution in [2.75, 3.05) is 37.0 Å². The predicted octanol–water partition coefficient (Wildman–Crippen LogP) is 2.73. The second kappa shape index (κ2) is 10.0. The number of aromatic nitrogens is 2. The molecule has 1 aromatic heterocycles. The van der Waals surface area contributed by atoms with Crippen molar-refractivity contribution >= 4 is 50.8 Å². The van der Waals surface area contributed by atoms with Crippen LogP contribution in [-0.4, -0.2) is 58.3 Å². The quantitative estimate of drug-likeness (QED) is 0.278. The van der Waals surface area contributed by atoms with Crippen LogP contribution in [0.2, 0.25) is 0 Å². The Morgan fingerprint density at radius 1 is 1.40 bits per heavy atom. The van der Waals surface area contributed by atoms with Gasteiger partial charge in [0.2, 0.25) is 5.01 Å². The molecule has 2 unspecified atom stereocenters. The lowest BCUT2D eigenvalue weighted by Gasteiger charge is -2.34. The molecule has 0 bridgehead atoms. The molecule has 11 nitrogen and oxygen atoms in total. The van der Waals surface area contributed by atoms with Crippen molar-refractivity contribution < 1.29 is 23.0 Å². The summed E-state index contributed by atoms with van der Waals surface area (Å²) < 4.78 is 34.6. The summed E-state index contributed by atoms with van der Waals surface area (Å²) in [5.41, 5.74) is 2.64. The number of nitrogens with zero attached hydrogens (tertiary/aromatic N) is 5. The number of methoxy groups -OCH3 is 1. The lowest BCUT2D eigenvalue weighted by Crippen LogP contribution is -2.33. The van der Waals surface area contributed by atoms with Crippen LogP contribution in [0, 0.1) is 0 Å². The van der Waals surface area contributed by atoms with Gasteiger partial charge >= 0.3 is 5.97 Å². The largest absolute Gasteiger partial charge is 0.755 e. The van der Waals surface area contributed by atoms with E-state index in [1.807, 2.05) is 7.05 Å². The third kappa shape index (κ3) is 5.36. The molecule has 1 aromatic carbocycles. The Balaban J connectivity index is 1.82. The number of benzene rings is 1. The molecule has 1 aliphatic rings. The maximum absolute atomic E-state index is 11.9. The number of ether oxygens (including phenoxy) is 2. The Morgan fingerprint density at radius 3 is 2.93 bits per heavy atom. The zero-order valence-electron chi connectivity index (χ0n) is 16.7. The van der Waals surface area contributed by atoms with Crippen molar-refractivity contribution in [1.29, 1.82) is 0 Å². The van der Waals surface area contributed by atoms with Gasteiger partial charge in [-0.1, -0.05) is 11.3 Å². The maximum Gasteiger partial charge on any atom is 0.369 e. The minimum absolute atomic E-state index is 0.0418. The number of azo groups is 1. The number of nitrogens with one attached hydrogen (secondary N) is 1. The van der Waals surface area contributed by atoms with Crippen molar-refractivity contribution in [3.8, 4) is 0 Å². The molecule has 1 N–H and O–H groups in total. The SMILES string of the molecule is COCCOC(=O)c1nnc(N=Nc2cc3c(cc2NS(=O)[O-])N(C)C(C)CC3)s1. The molecule has 0 saturated heterocycles. The highest BCUT2D eigenvalue weighted by Gasteiger charge is 2.22. The molecule has 2 aromatic rings. The van der Waals surface area contributed by atoms with Gasteiger partial charge in [-0.05, 0) is 37.5 Å². The van der Waals surface area contributed by atoms with Gasteiger partial charge in [0.15, 0.2) is 0 Å². The highest BCUT2D eigenvalue weighted by atomic mass is 32.2. The number of rotatable bonds is 8. The van der Waals surface area contributed by atoms with Gasteiger partial charge in [0.05, 0.1) is 12.3 Å². The zero-order chi connectivity index (χ0) is 21.7. The van der Waals surface area contributed by atoms with Crippen LogP contribution >= 0.6 is 11.3 Å². The Bertz CT molecular complexity index is 966. The lowest BCUT2D eigenvalue weighted by atomic mass is 9.96. The third-order valence-corrected chi connectivity index (χ3v) is 5.79. The van der Waals surface area contributed by atoms with Crippen LogP contribution in [0.3, 0.4) is 0 Å². The van der Waals surface area contributed by atoms with Gasteiger partial charge in [-0.3, -0.25) is 4.21 Å². The first-order chi connectivity index (χ1) is 14.4. The molecule has 30 heavy (non-hydrogen) atoms. The van der Waals surface area contributed by atoms with Gasteiger partial charge in [-0.2, -0.15) is 0 Å². The Morgan fingerprint density at radius 2 is 2.20 bits per heavy atom. The number of aryl methyl sites for hydroxylation is 1. The summed E-state index contributed by atoms with van der Waals surface area (Å²) in [6.45, 7) is 2.50. The Kier molecular flexibility index (Phi) is 7.42. The van der Waals surface area contributed by atoms with Gasteiger partial charge in [0.25, 0.3) is 5.13 Å². The standard InChI is InChI=1S/C17H22N6O5S2/c1-10-4-5-11-8-12(13(22-30(25)26)9-14(11)23(10)2)18-20-17-21-19-15(29-17)16(24)28-7-6-27-3/h8-10,22H,4-7H2,1-3H3,(H,25,26)/p-1. The number of fused-ring (bicyclic) bond motifs is 1. The minimum atomic E-state index is -2.52. The fourth-order valence-corrected chi connectivity index (χ4v) is 3.82. The summed E-state index contributed by atoms with van der Waals surface area (Å²) in [5.74, 6) is -0.624. The number of hydrogen-bond donors (Lipinski definition) is 1. The minimum Gasteiger partial charge on any atom is -0.755 e. The average Bonchev–Trinajstić information content (AvgIpc) is 3.18. The Hall–Kier alpha value is -2.48. The fourth-order valence-electron chi connectivity index (χ4n) is 2.91. The van der Waals surface area contributed by atoms with E-state index < -0.39 is 17.2 Å². The smallest absolute Gasteiger partial charge is 0.369 e. The molecule has 13 heteroatoms. The van der Waals surface area contributed by atoms with Crippen LogP contribution < -0.4 is 9.62 Å². The Labute approximate surface area is 179 Å². The first-order valence-electron chi connectivity index (χ1n) is 9.06. The number of esters is 1. The van der Waals surface area contributed by atoms with E-state index in [0.717, 1.165) is 35.4 Å². The van der Waals surface area contributed by atoms with Crippen LogP contribution in [-0.2, 0) is 27.2 Å². The molecule has 162 valence electrons. The van der Waals surface area contributed by atoms with E-state index in [1.165, 1.54) is 7.11 Å². The van der Waals surface area contributed by atoms with Crippen molar-refractivity contribution in [2.45, 2.75) is 25.8 Å². The molecular formula is C17H21N6O5S2-. The van der Waals surface area contributed by atoms with Gasteiger partial charge in [-0.25, -0.2) is 4.79 Å². The molecule has 0 radical (unpaired) electrons. The lowest BCUT2D eigenvalue weighted by molar-refractivity contribution is 0.0387. The van der Waals surface area contributed by atoms with Crippen molar-refractivity contribution in [2.24, 2.45) is 10.2 Å². The van der Waals surface area contributed by atoms with Crippen LogP contribution in [0.4, 0.5) is 22.2 Å². The highest BCUT2D eigenvalue weighted by Crippen LogP contribution is 2.38. The fraction of sp³-hybridized carbons (Fsp3) is 0.471. The van der Waals surface area contributed by atoms with E-state index in [4.69, 9.17) is 9.47 Å². The van der Waals surface area contributed by atoms with Crippen LogP contribution in [0.1, 0.15) is 28.7 Å². The molecule has 3 rings (SSSR count). The van der Waals surface area contributed by atoms with Gasteiger partial charge in [-0.15, -0.1) is 20.4 Å². The molecule has 0 amide bonds. The molecule has 0 fully saturated rings. The summed E-state index contributed by atoms with van der Waals surface area (Å²) in [6, 6.07) is 3.89. The van der Waals surface area contributed by atoms with E-state index in [2.05, 4.69) is 37.0 Å². The van der Waals surface area contributed by atoms with E-state index >= 15 is 0 Å². The second-order valence-corrected chi connectivity index (χ2v) is 8.18. The number of carbonyl (C=O) groups excluding carboxylic acids is 1. The van der Waals surface area contributed by atoms with E-state index in [-0.39, 0.29) is 23.4 Å². The van der Waals surface area contributed by atoms with E-state index in [1.54, 1.807) is 12.1 Å². The van der Waals surface area contributed by atoms with Crippen LogP contribution in [0.15, 0.2) is 22.4 Å². The maximum atomic E-state index is 11.9. The summed E-state index contributed by atoms with van der Waals surface area (Å²) >= 11 is -1.60. The highest BCUT2D eigenvalue weighted by molar-refractivity contribution is 7.80. The monoisotopic (exact) mass is 453 g/mol. The second-order valence-electron chi connectivity index (χ2n) is 6.55. The average molecular weight is 454 g/mol. The van der Waals surface area contributed by atoms with Crippen molar-refractivity contribution in [1.82, 2.24) is 10.2 Å². The van der Waals surface area contributed by atoms with Gasteiger partial charge in [0, 0.05) is 37.2 Å². The van der Waals surface area contributed by atoms with Crippen LogP contribution in [0.25, 0.3) is 0 Å². The van der Waals surface area contributed by atoms with E-state index in [0.29, 0.717) is 17.4 Å². The van der Waals surface area contributed by atoms with Gasteiger partial charge < -0.3 is 23.6 Å². The summed E-state index contributed by atoms with van der Waals surface area (Å²) in [4.78, 5) is 14.0. The summed E-state index contributed by atoms with van der Waals surface area (Å²) in [7, 11) is 3.47. The number of hydrogen-bond acceptors (Lipinski definition) is 11. The van der Waals surface area contributed by atoms with Crippen molar-refractivity contribution in [3.05, 3.63) is 22.7 Å². The van der Waals surface area contributed by atoms with Crippen LogP contribution in [0.5, 0.6) is 0 Å². The van der Waals surface area contributed by atoms with Gasteiger partial charge in [0.1, 0.15) is 12.3 Å². The van der Waals surface area contributed by atoms with E-state index in [9.17, 15) is 13.6 Å². The number of anilines is 2. The molecule has 2 heterocycles. The summed E-state index contributed by atoms with van der Waals surface area (Å²) in [5, 5.41) is 15.9. The topological polar surface area (TPSA) is 141 Å². The third-order valence-electron chi connectivity index (χ3n) is 4.62.